The lowest BCUT2D eigenvalue weighted by atomic mass is 9.34. The number of ether oxygens (including phenoxy) is 1. The molecule has 3 aliphatic rings. The Kier molecular flexibility index (Phi) is 9.18. The summed E-state index contributed by atoms with van der Waals surface area (Å²) in [6, 6.07) is 54.6. The van der Waals surface area contributed by atoms with Gasteiger partial charge >= 0.3 is 0 Å². The smallest absolute Gasteiger partial charge is 0.251 e. The number of hydrogen-bond donors (Lipinski definition) is 0. The van der Waals surface area contributed by atoms with E-state index >= 15 is 0 Å². The molecular formula is C57H57BN2O. The molecule has 0 unspecified atom stereocenters. The van der Waals surface area contributed by atoms with Gasteiger partial charge < -0.3 is 14.5 Å². The van der Waals surface area contributed by atoms with Gasteiger partial charge in [-0.3, -0.25) is 0 Å². The average molecular weight is 797 g/mol. The third kappa shape index (κ3) is 6.00. The molecular weight excluding hydrogens is 739 g/mol. The molecule has 3 aliphatic heterocycles. The SMILES string of the molecule is CC(C)c1cc(C(C)C)c(B2c3ccccc3Oc3cc(N4c5ccccc5C(C)(C)c5cc6c(cc54)C(C)(C)c4ccccc4N6c4ccccc4)ccc32)c(C(C)C)c1. The van der Waals surface area contributed by atoms with Gasteiger partial charge in [0, 0.05) is 28.3 Å². The first-order valence-corrected chi connectivity index (χ1v) is 22.4. The summed E-state index contributed by atoms with van der Waals surface area (Å²) in [7, 11) is 0. The van der Waals surface area contributed by atoms with Gasteiger partial charge in [0.1, 0.15) is 11.5 Å². The molecule has 0 bridgehead atoms. The monoisotopic (exact) mass is 796 g/mol. The van der Waals surface area contributed by atoms with Crippen molar-refractivity contribution in [3.8, 4) is 11.5 Å². The molecule has 0 amide bonds. The molecule has 0 saturated carbocycles. The van der Waals surface area contributed by atoms with E-state index in [1.54, 1.807) is 0 Å². The molecule has 0 aliphatic carbocycles. The zero-order chi connectivity index (χ0) is 42.5. The van der Waals surface area contributed by atoms with E-state index in [1.807, 2.05) is 0 Å². The van der Waals surface area contributed by atoms with Gasteiger partial charge in [0.25, 0.3) is 6.71 Å². The summed E-state index contributed by atoms with van der Waals surface area (Å²) in [6.07, 6.45) is 0. The highest BCUT2D eigenvalue weighted by atomic mass is 16.5. The molecule has 0 N–H and O–H groups in total. The molecule has 304 valence electrons. The Morgan fingerprint density at radius 3 is 1.48 bits per heavy atom. The van der Waals surface area contributed by atoms with Crippen molar-refractivity contribution >= 4 is 57.2 Å². The van der Waals surface area contributed by atoms with Gasteiger partial charge in [-0.05, 0) is 116 Å². The quantitative estimate of drug-likeness (QED) is 0.156. The molecule has 10 rings (SSSR count). The largest absolute Gasteiger partial charge is 0.458 e. The van der Waals surface area contributed by atoms with Crippen LogP contribution in [0.4, 0.5) is 34.1 Å². The predicted molar refractivity (Wildman–Crippen MR) is 260 cm³/mol. The fourth-order valence-electron chi connectivity index (χ4n) is 10.8. The summed E-state index contributed by atoms with van der Waals surface area (Å²) in [5.41, 5.74) is 20.0. The summed E-state index contributed by atoms with van der Waals surface area (Å²) in [5.74, 6) is 3.05. The summed E-state index contributed by atoms with van der Waals surface area (Å²) in [4.78, 5) is 4.99. The van der Waals surface area contributed by atoms with Gasteiger partial charge in [-0.15, -0.1) is 0 Å². The van der Waals surface area contributed by atoms with Gasteiger partial charge in [0.2, 0.25) is 0 Å². The zero-order valence-electron chi connectivity index (χ0n) is 37.5. The second-order valence-corrected chi connectivity index (χ2v) is 19.5. The van der Waals surface area contributed by atoms with Crippen LogP contribution in [0.1, 0.15) is 126 Å². The van der Waals surface area contributed by atoms with Crippen molar-refractivity contribution in [2.45, 2.75) is 97.8 Å². The molecule has 0 atom stereocenters. The van der Waals surface area contributed by atoms with Gasteiger partial charge in [0.15, 0.2) is 0 Å². The highest BCUT2D eigenvalue weighted by Crippen LogP contribution is 2.58. The Hall–Kier alpha value is -6.00. The number of benzene rings is 7. The molecule has 3 nitrogen and oxygen atoms in total. The van der Waals surface area contributed by atoms with Crippen molar-refractivity contribution in [2.24, 2.45) is 0 Å². The molecule has 0 radical (unpaired) electrons. The van der Waals surface area contributed by atoms with Crippen LogP contribution in [0.15, 0.2) is 146 Å². The normalized spacial score (nSPS) is 15.5. The molecule has 61 heavy (non-hydrogen) atoms. The predicted octanol–water partition coefficient (Wildman–Crippen LogP) is 13.9. The molecule has 7 aromatic carbocycles. The fourth-order valence-corrected chi connectivity index (χ4v) is 10.8. The van der Waals surface area contributed by atoms with Crippen LogP contribution in [0.5, 0.6) is 11.5 Å². The van der Waals surface area contributed by atoms with Gasteiger partial charge in [-0.25, -0.2) is 0 Å². The highest BCUT2D eigenvalue weighted by molar-refractivity contribution is 6.97. The Balaban J connectivity index is 1.20. The first-order valence-electron chi connectivity index (χ1n) is 22.4. The standard InChI is InChI=1S/C57H57BN2O/c1-35(2)38-30-41(36(3)4)55(42(31-38)37(5)6)58-47-24-16-19-27-53(47)61-54-32-40(28-29-48(54)58)60-50-26-18-15-23-44(50)57(9,10)46-33-51-45(34-52(46)60)56(7,8)43-22-14-17-25-49(43)59(51)39-20-12-11-13-21-39/h11-37H,1-10H3. The highest BCUT2D eigenvalue weighted by Gasteiger charge is 2.44. The molecule has 4 heteroatoms. The molecule has 7 aromatic rings. The van der Waals surface area contributed by atoms with Crippen molar-refractivity contribution in [1.82, 2.24) is 0 Å². The van der Waals surface area contributed by atoms with E-state index in [9.17, 15) is 0 Å². The second kappa shape index (κ2) is 14.3. The Morgan fingerprint density at radius 2 is 0.918 bits per heavy atom. The lowest BCUT2D eigenvalue weighted by Crippen LogP contribution is -2.57. The molecule has 0 saturated heterocycles. The summed E-state index contributed by atoms with van der Waals surface area (Å²) in [6.45, 7) is 23.7. The van der Waals surface area contributed by atoms with E-state index in [0.29, 0.717) is 17.8 Å². The first kappa shape index (κ1) is 39.2. The summed E-state index contributed by atoms with van der Waals surface area (Å²) < 4.78 is 7.03. The number of anilines is 6. The van der Waals surface area contributed by atoms with Crippen LogP contribution in [0.2, 0.25) is 0 Å². The molecule has 3 heterocycles. The number of rotatable bonds is 6. The maximum Gasteiger partial charge on any atom is 0.251 e. The van der Waals surface area contributed by atoms with Gasteiger partial charge in [0.05, 0.1) is 22.7 Å². The van der Waals surface area contributed by atoms with E-state index in [0.717, 1.165) is 17.2 Å². The van der Waals surface area contributed by atoms with E-state index < -0.39 is 0 Å². The van der Waals surface area contributed by atoms with Crippen LogP contribution in [-0.2, 0) is 10.8 Å². The number of nitrogens with zero attached hydrogens (tertiary/aromatic N) is 2. The lowest BCUT2D eigenvalue weighted by Gasteiger charge is -2.47. The van der Waals surface area contributed by atoms with Crippen LogP contribution < -0.4 is 30.9 Å². The number of para-hydroxylation sites is 4. The maximum absolute atomic E-state index is 7.03. The van der Waals surface area contributed by atoms with Crippen molar-refractivity contribution < 1.29 is 4.74 Å². The minimum absolute atomic E-state index is 0.0433. The minimum Gasteiger partial charge on any atom is -0.458 e. The minimum atomic E-state index is -0.266. The Bertz CT molecular complexity index is 2820. The third-order valence-electron chi connectivity index (χ3n) is 14.1. The van der Waals surface area contributed by atoms with Crippen LogP contribution in [-0.4, -0.2) is 6.71 Å². The lowest BCUT2D eigenvalue weighted by molar-refractivity contribution is 0.487. The van der Waals surface area contributed by atoms with E-state index in [4.69, 9.17) is 4.74 Å². The Morgan fingerprint density at radius 1 is 0.426 bits per heavy atom. The topological polar surface area (TPSA) is 15.7 Å². The molecule has 0 aromatic heterocycles. The summed E-state index contributed by atoms with van der Waals surface area (Å²) >= 11 is 0. The number of hydrogen-bond acceptors (Lipinski definition) is 3. The van der Waals surface area contributed by atoms with Crippen molar-refractivity contribution in [1.29, 1.82) is 0 Å². The van der Waals surface area contributed by atoms with Crippen LogP contribution in [0.25, 0.3) is 0 Å². The number of fused-ring (bicyclic) bond motifs is 6. The molecule has 0 spiro atoms. The Labute approximate surface area is 364 Å². The van der Waals surface area contributed by atoms with Gasteiger partial charge in [-0.1, -0.05) is 166 Å². The average Bonchev–Trinajstić information content (AvgIpc) is 3.25. The van der Waals surface area contributed by atoms with E-state index in [-0.39, 0.29) is 17.5 Å². The van der Waals surface area contributed by atoms with Crippen LogP contribution in [0.3, 0.4) is 0 Å². The summed E-state index contributed by atoms with van der Waals surface area (Å²) in [5, 5.41) is 0. The second-order valence-electron chi connectivity index (χ2n) is 19.5. The van der Waals surface area contributed by atoms with Gasteiger partial charge in [-0.2, -0.15) is 0 Å². The van der Waals surface area contributed by atoms with Crippen LogP contribution in [0, 0.1) is 0 Å². The van der Waals surface area contributed by atoms with Crippen molar-refractivity contribution in [3.63, 3.8) is 0 Å². The first-order chi connectivity index (χ1) is 29.3. The van der Waals surface area contributed by atoms with Crippen molar-refractivity contribution in [3.05, 3.63) is 185 Å². The van der Waals surface area contributed by atoms with Crippen LogP contribution >= 0.6 is 0 Å². The fraction of sp³-hybridized carbons (Fsp3) is 0.263. The van der Waals surface area contributed by atoms with E-state index in [2.05, 4.69) is 225 Å². The molecule has 0 fully saturated rings. The van der Waals surface area contributed by atoms with E-state index in [1.165, 1.54) is 83.8 Å². The third-order valence-corrected chi connectivity index (χ3v) is 14.1. The van der Waals surface area contributed by atoms with Crippen molar-refractivity contribution in [2.75, 3.05) is 9.80 Å². The maximum atomic E-state index is 7.03. The zero-order valence-corrected chi connectivity index (χ0v) is 37.5.